The van der Waals surface area contributed by atoms with E-state index in [0.717, 1.165) is 38.5 Å². The molecule has 0 aliphatic carbocycles. The fraction of sp³-hybridized carbons (Fsp3) is 0.909. The van der Waals surface area contributed by atoms with E-state index in [0.29, 0.717) is 12.8 Å². The number of carbonyl (C=O) groups excluding carboxylic acids is 4. The maximum absolute atomic E-state index is 13.0. The maximum Gasteiger partial charge on any atom is 0.472 e. The molecule has 17 heteroatoms. The largest absolute Gasteiger partial charge is 0.472 e. The van der Waals surface area contributed by atoms with Gasteiger partial charge in [-0.2, -0.15) is 0 Å². The summed E-state index contributed by atoms with van der Waals surface area (Å²) >= 11 is 0. The quantitative estimate of drug-likeness (QED) is 0.0226. The Morgan fingerprint density at radius 1 is 0.475 bits per heavy atom. The molecule has 0 aliphatic rings. The maximum atomic E-state index is 13.0. The third kappa shape index (κ3) is 37.6. The average Bonchev–Trinajstić information content (AvgIpc) is 3.20. The number of phosphoric acid groups is 1. The van der Waals surface area contributed by atoms with E-state index in [9.17, 15) is 28.6 Å². The summed E-state index contributed by atoms with van der Waals surface area (Å²) < 4.78 is 44.8. The van der Waals surface area contributed by atoms with Gasteiger partial charge in [-0.3, -0.25) is 28.2 Å². The average molecular weight is 938 g/mol. The van der Waals surface area contributed by atoms with Crippen LogP contribution in [0.25, 0.3) is 0 Å². The molecule has 14 nitrogen and oxygen atoms in total. The number of halogens is 2. The third-order valence-electron chi connectivity index (χ3n) is 10.2. The van der Waals surface area contributed by atoms with Crippen molar-refractivity contribution in [2.24, 2.45) is 23.3 Å². The standard InChI is InChI=1S/C44H85N2O12P.2ClH/c1-7-9-11-13-15-17-19-21-23-25-27-29-39(47)53-31-37(57-40(48)30-28-26-24-22-20-18-16-14-12-10-8-2)33-55-59(51,52)56-34-38(58-44(50)42(46)36(5)6)32-54-43(49)41(45)35(3)4;;/h35-38,41-42H,7-34,45-46H2,1-6H3,(H,51,52);2*1H. The zero-order valence-electron chi connectivity index (χ0n) is 38.6. The van der Waals surface area contributed by atoms with Gasteiger partial charge in [-0.15, -0.1) is 24.8 Å². The SMILES string of the molecule is CCCCCCCCCCCCCC(=O)OCC(COP(=O)(O)OCC(COC(=O)C(N)C(C)C)OC(=O)C(N)C(C)C)OC(=O)CCCCCCCCCCCCC.Cl.Cl. The number of unbranched alkanes of at least 4 members (excludes halogenated alkanes) is 20. The predicted molar refractivity (Wildman–Crippen MR) is 246 cm³/mol. The van der Waals surface area contributed by atoms with E-state index >= 15 is 0 Å². The van der Waals surface area contributed by atoms with Gasteiger partial charge in [0.2, 0.25) is 0 Å². The molecule has 0 fully saturated rings. The summed E-state index contributed by atoms with van der Waals surface area (Å²) in [7, 11) is -4.87. The van der Waals surface area contributed by atoms with Crippen molar-refractivity contribution < 1.29 is 56.6 Å². The van der Waals surface area contributed by atoms with Gasteiger partial charge in [0.25, 0.3) is 0 Å². The normalized spacial score (nSPS) is 14.2. The van der Waals surface area contributed by atoms with E-state index in [4.69, 9.17) is 39.5 Å². The van der Waals surface area contributed by atoms with Gasteiger partial charge in [-0.25, -0.2) is 4.57 Å². The molecule has 0 aromatic carbocycles. The number of phosphoric ester groups is 1. The first kappa shape index (κ1) is 63.8. The van der Waals surface area contributed by atoms with Crippen molar-refractivity contribution in [2.75, 3.05) is 26.4 Å². The Morgan fingerprint density at radius 3 is 1.20 bits per heavy atom. The number of carbonyl (C=O) groups is 4. The van der Waals surface area contributed by atoms with E-state index in [1.54, 1.807) is 27.7 Å². The van der Waals surface area contributed by atoms with Gasteiger partial charge in [0, 0.05) is 12.8 Å². The van der Waals surface area contributed by atoms with E-state index in [-0.39, 0.29) is 56.1 Å². The van der Waals surface area contributed by atoms with Crippen LogP contribution in [-0.2, 0) is 51.7 Å². The highest BCUT2D eigenvalue weighted by Gasteiger charge is 2.31. The predicted octanol–water partition coefficient (Wildman–Crippen LogP) is 10.2. The molecule has 0 rings (SSSR count). The summed E-state index contributed by atoms with van der Waals surface area (Å²) in [5.41, 5.74) is 11.8. The van der Waals surface area contributed by atoms with Crippen LogP contribution in [0, 0.1) is 11.8 Å². The molecule has 0 radical (unpaired) electrons. The second-order valence-electron chi connectivity index (χ2n) is 16.7. The molecule has 0 bridgehead atoms. The number of esters is 4. The minimum absolute atomic E-state index is 0. The van der Waals surface area contributed by atoms with E-state index in [1.807, 2.05) is 0 Å². The molecule has 0 aromatic rings. The number of hydrogen-bond acceptors (Lipinski definition) is 13. The van der Waals surface area contributed by atoms with Crippen LogP contribution in [0.4, 0.5) is 0 Å². The zero-order chi connectivity index (χ0) is 44.3. The lowest BCUT2D eigenvalue weighted by molar-refractivity contribution is -0.164. The fourth-order valence-electron chi connectivity index (χ4n) is 6.05. The second-order valence-corrected chi connectivity index (χ2v) is 18.1. The Bertz CT molecular complexity index is 1150. The van der Waals surface area contributed by atoms with Crippen LogP contribution in [0.3, 0.4) is 0 Å². The lowest BCUT2D eigenvalue weighted by atomic mass is 10.1. The lowest BCUT2D eigenvalue weighted by Crippen LogP contribution is -2.42. The van der Waals surface area contributed by atoms with Crippen LogP contribution in [0.2, 0.25) is 0 Å². The first-order valence-corrected chi connectivity index (χ1v) is 24.5. The summed E-state index contributed by atoms with van der Waals surface area (Å²) in [6.45, 7) is 9.10. The molecule has 0 aliphatic heterocycles. The summed E-state index contributed by atoms with van der Waals surface area (Å²) in [4.78, 5) is 60.9. The summed E-state index contributed by atoms with van der Waals surface area (Å²) in [6.07, 6.45) is 22.8. The Labute approximate surface area is 381 Å². The molecule has 0 aromatic heterocycles. The highest BCUT2D eigenvalue weighted by molar-refractivity contribution is 7.47. The van der Waals surface area contributed by atoms with E-state index in [1.165, 1.54) is 89.9 Å². The first-order chi connectivity index (χ1) is 28.1. The van der Waals surface area contributed by atoms with Gasteiger partial charge in [0.15, 0.2) is 12.2 Å². The number of rotatable bonds is 40. The van der Waals surface area contributed by atoms with Gasteiger partial charge in [0.1, 0.15) is 25.3 Å². The Morgan fingerprint density at radius 2 is 0.803 bits per heavy atom. The fourth-order valence-corrected chi connectivity index (χ4v) is 6.84. The minimum atomic E-state index is -4.87. The molecule has 5 unspecified atom stereocenters. The molecular weight excluding hydrogens is 850 g/mol. The molecule has 0 heterocycles. The Balaban J connectivity index is -0.0000168. The molecule has 364 valence electrons. The van der Waals surface area contributed by atoms with Gasteiger partial charge in [-0.05, 0) is 24.7 Å². The minimum Gasteiger partial charge on any atom is -0.462 e. The third-order valence-corrected chi connectivity index (χ3v) is 11.2. The molecule has 61 heavy (non-hydrogen) atoms. The number of ether oxygens (including phenoxy) is 4. The van der Waals surface area contributed by atoms with Crippen molar-refractivity contribution >= 4 is 56.5 Å². The van der Waals surface area contributed by atoms with Crippen LogP contribution in [-0.4, -0.2) is 79.5 Å². The number of nitrogens with two attached hydrogens (primary N) is 2. The first-order valence-electron chi connectivity index (χ1n) is 23.0. The Hall–Kier alpha value is -1.51. The van der Waals surface area contributed by atoms with E-state index in [2.05, 4.69) is 13.8 Å². The molecule has 0 saturated carbocycles. The molecule has 0 amide bonds. The highest BCUT2D eigenvalue weighted by atomic mass is 35.5. The van der Waals surface area contributed by atoms with Gasteiger partial charge >= 0.3 is 31.7 Å². The monoisotopic (exact) mass is 937 g/mol. The second kappa shape index (κ2) is 41.2. The van der Waals surface area contributed by atoms with Crippen molar-refractivity contribution in [1.82, 2.24) is 0 Å². The van der Waals surface area contributed by atoms with Crippen LogP contribution < -0.4 is 11.5 Å². The molecular formula is C44H87Cl2N2O12P. The van der Waals surface area contributed by atoms with Crippen molar-refractivity contribution in [3.05, 3.63) is 0 Å². The summed E-state index contributed by atoms with van der Waals surface area (Å²) in [5.74, 6) is -3.10. The van der Waals surface area contributed by atoms with Gasteiger partial charge < -0.3 is 35.3 Å². The van der Waals surface area contributed by atoms with Crippen LogP contribution in [0.1, 0.15) is 196 Å². The highest BCUT2D eigenvalue weighted by Crippen LogP contribution is 2.43. The molecule has 5 atom stereocenters. The summed E-state index contributed by atoms with van der Waals surface area (Å²) in [5, 5.41) is 0. The Kier molecular flexibility index (Phi) is 43.1. The van der Waals surface area contributed by atoms with Crippen LogP contribution in [0.5, 0.6) is 0 Å². The van der Waals surface area contributed by atoms with E-state index < -0.39 is 75.8 Å². The van der Waals surface area contributed by atoms with Gasteiger partial charge in [0.05, 0.1) is 13.2 Å². The topological polar surface area (TPSA) is 213 Å². The van der Waals surface area contributed by atoms with Gasteiger partial charge in [-0.1, -0.05) is 170 Å². The van der Waals surface area contributed by atoms with Crippen molar-refractivity contribution in [1.29, 1.82) is 0 Å². The zero-order valence-corrected chi connectivity index (χ0v) is 41.1. The summed E-state index contributed by atoms with van der Waals surface area (Å²) in [6, 6.07) is -1.96. The van der Waals surface area contributed by atoms with Crippen molar-refractivity contribution in [3.8, 4) is 0 Å². The van der Waals surface area contributed by atoms with Crippen molar-refractivity contribution in [2.45, 2.75) is 220 Å². The number of hydrogen-bond donors (Lipinski definition) is 3. The molecule has 5 N–H and O–H groups in total. The van der Waals surface area contributed by atoms with Crippen molar-refractivity contribution in [3.63, 3.8) is 0 Å². The smallest absolute Gasteiger partial charge is 0.462 e. The lowest BCUT2D eigenvalue weighted by Gasteiger charge is -2.24. The van der Waals surface area contributed by atoms with Crippen LogP contribution in [0.15, 0.2) is 0 Å². The molecule has 0 saturated heterocycles. The molecule has 0 spiro atoms. The van der Waals surface area contributed by atoms with Crippen LogP contribution >= 0.6 is 32.6 Å².